The molecule has 1 aliphatic rings. The number of aromatic nitrogens is 2. The van der Waals surface area contributed by atoms with Crippen LogP contribution in [-0.2, 0) is 5.41 Å². The third-order valence-electron chi connectivity index (χ3n) is 2.79. The number of imidazole rings is 1. The predicted octanol–water partition coefficient (Wildman–Crippen LogP) is 2.13. The number of nitrogens with one attached hydrogen (secondary N) is 2. The largest absolute Gasteiger partial charge is 0.344 e. The topological polar surface area (TPSA) is 40.7 Å². The van der Waals surface area contributed by atoms with Crippen LogP contribution in [0.5, 0.6) is 0 Å². The minimum absolute atomic E-state index is 0.170. The molecule has 1 saturated heterocycles. The fourth-order valence-corrected chi connectivity index (χ4v) is 1.81. The second-order valence-electron chi connectivity index (χ2n) is 5.08. The highest BCUT2D eigenvalue weighted by Gasteiger charge is 2.22. The normalized spacial score (nSPS) is 22.9. The van der Waals surface area contributed by atoms with Crippen molar-refractivity contribution >= 4 is 0 Å². The van der Waals surface area contributed by atoms with Gasteiger partial charge in [-0.05, 0) is 19.4 Å². The summed E-state index contributed by atoms with van der Waals surface area (Å²) in [5.41, 5.74) is 1.39. The first-order valence-electron chi connectivity index (χ1n) is 5.36. The molecular formula is C11H19N3. The van der Waals surface area contributed by atoms with Crippen LogP contribution in [0.4, 0.5) is 0 Å². The maximum absolute atomic E-state index is 4.45. The molecule has 2 heterocycles. The van der Waals surface area contributed by atoms with E-state index in [1.54, 1.807) is 0 Å². The Hall–Kier alpha value is -0.830. The maximum Gasteiger partial charge on any atom is 0.123 e. The molecule has 0 amide bonds. The van der Waals surface area contributed by atoms with Crippen molar-refractivity contribution in [3.63, 3.8) is 0 Å². The van der Waals surface area contributed by atoms with Crippen LogP contribution in [-0.4, -0.2) is 16.5 Å². The minimum Gasteiger partial charge on any atom is -0.344 e. The van der Waals surface area contributed by atoms with Crippen LogP contribution >= 0.6 is 0 Å². The third kappa shape index (κ3) is 1.82. The van der Waals surface area contributed by atoms with Crippen LogP contribution < -0.4 is 5.32 Å². The van der Waals surface area contributed by atoms with Gasteiger partial charge in [-0.2, -0.15) is 0 Å². The molecule has 1 fully saturated rings. The molecule has 1 unspecified atom stereocenters. The van der Waals surface area contributed by atoms with E-state index in [1.165, 1.54) is 18.5 Å². The first-order valence-corrected chi connectivity index (χ1v) is 5.36. The molecule has 3 heteroatoms. The molecule has 0 saturated carbocycles. The van der Waals surface area contributed by atoms with Crippen LogP contribution in [0.15, 0.2) is 6.20 Å². The molecule has 0 spiro atoms. The van der Waals surface area contributed by atoms with Gasteiger partial charge in [-0.1, -0.05) is 20.8 Å². The summed E-state index contributed by atoms with van der Waals surface area (Å²) in [6, 6.07) is 0.450. The van der Waals surface area contributed by atoms with E-state index in [0.717, 1.165) is 12.4 Å². The van der Waals surface area contributed by atoms with Crippen molar-refractivity contribution < 1.29 is 0 Å². The van der Waals surface area contributed by atoms with Crippen molar-refractivity contribution in [1.82, 2.24) is 15.3 Å². The van der Waals surface area contributed by atoms with Gasteiger partial charge >= 0.3 is 0 Å². The molecule has 0 aliphatic carbocycles. The number of aromatic amines is 1. The molecule has 78 valence electrons. The van der Waals surface area contributed by atoms with E-state index in [9.17, 15) is 0 Å². The molecule has 0 bridgehead atoms. The van der Waals surface area contributed by atoms with Gasteiger partial charge in [-0.15, -0.1) is 0 Å². The van der Waals surface area contributed by atoms with Gasteiger partial charge in [0.1, 0.15) is 5.82 Å². The van der Waals surface area contributed by atoms with Gasteiger partial charge in [0.15, 0.2) is 0 Å². The molecule has 0 aromatic carbocycles. The monoisotopic (exact) mass is 193 g/mol. The molecule has 1 aromatic rings. The lowest BCUT2D eigenvalue weighted by Gasteiger charge is -2.15. The SMILES string of the molecule is CC(C)(C)c1cnc(C2CCCN2)[nH]1. The Kier molecular flexibility index (Phi) is 2.35. The summed E-state index contributed by atoms with van der Waals surface area (Å²) in [6.45, 7) is 7.72. The van der Waals surface area contributed by atoms with Gasteiger partial charge < -0.3 is 10.3 Å². The van der Waals surface area contributed by atoms with Crippen molar-refractivity contribution in [1.29, 1.82) is 0 Å². The molecule has 14 heavy (non-hydrogen) atoms. The molecule has 1 atom stereocenters. The Morgan fingerprint density at radius 1 is 1.43 bits per heavy atom. The lowest BCUT2D eigenvalue weighted by atomic mass is 9.93. The molecule has 0 radical (unpaired) electrons. The molecule has 1 aliphatic heterocycles. The van der Waals surface area contributed by atoms with Crippen molar-refractivity contribution in [2.75, 3.05) is 6.54 Å². The van der Waals surface area contributed by atoms with E-state index in [2.05, 4.69) is 36.1 Å². The van der Waals surface area contributed by atoms with Crippen LogP contribution in [0.1, 0.15) is 51.2 Å². The molecule has 2 N–H and O–H groups in total. The number of nitrogens with zero attached hydrogens (tertiary/aromatic N) is 1. The Morgan fingerprint density at radius 3 is 2.71 bits per heavy atom. The first kappa shape index (κ1) is 9.71. The highest BCUT2D eigenvalue weighted by Crippen LogP contribution is 2.24. The lowest BCUT2D eigenvalue weighted by molar-refractivity contribution is 0.561. The number of H-pyrrole nitrogens is 1. The van der Waals surface area contributed by atoms with Gasteiger partial charge in [-0.25, -0.2) is 4.98 Å². The average molecular weight is 193 g/mol. The zero-order chi connectivity index (χ0) is 10.2. The van der Waals surface area contributed by atoms with E-state index >= 15 is 0 Å². The fraction of sp³-hybridized carbons (Fsp3) is 0.727. The Balaban J connectivity index is 2.17. The van der Waals surface area contributed by atoms with Crippen LogP contribution in [0, 0.1) is 0 Å². The summed E-state index contributed by atoms with van der Waals surface area (Å²) in [7, 11) is 0. The highest BCUT2D eigenvalue weighted by atomic mass is 15.0. The van der Waals surface area contributed by atoms with E-state index in [4.69, 9.17) is 0 Å². The summed E-state index contributed by atoms with van der Waals surface area (Å²) < 4.78 is 0. The van der Waals surface area contributed by atoms with Crippen molar-refractivity contribution in [2.24, 2.45) is 0 Å². The molecule has 3 nitrogen and oxygen atoms in total. The van der Waals surface area contributed by atoms with Crippen molar-refractivity contribution in [3.8, 4) is 0 Å². The summed E-state index contributed by atoms with van der Waals surface area (Å²) in [5, 5.41) is 3.44. The molecular weight excluding hydrogens is 174 g/mol. The fourth-order valence-electron chi connectivity index (χ4n) is 1.81. The summed E-state index contributed by atoms with van der Waals surface area (Å²) in [4.78, 5) is 7.87. The first-order chi connectivity index (χ1) is 6.57. The molecule has 1 aromatic heterocycles. The van der Waals surface area contributed by atoms with Gasteiger partial charge in [0.2, 0.25) is 0 Å². The van der Waals surface area contributed by atoms with E-state index in [1.807, 2.05) is 6.20 Å². The Morgan fingerprint density at radius 2 is 2.21 bits per heavy atom. The van der Waals surface area contributed by atoms with Gasteiger partial charge in [-0.3, -0.25) is 0 Å². The van der Waals surface area contributed by atoms with E-state index in [-0.39, 0.29) is 5.41 Å². The third-order valence-corrected chi connectivity index (χ3v) is 2.79. The highest BCUT2D eigenvalue weighted by molar-refractivity contribution is 5.13. The second-order valence-corrected chi connectivity index (χ2v) is 5.08. The number of hydrogen-bond acceptors (Lipinski definition) is 2. The smallest absolute Gasteiger partial charge is 0.123 e. The van der Waals surface area contributed by atoms with Crippen molar-refractivity contribution in [2.45, 2.75) is 45.1 Å². The zero-order valence-electron chi connectivity index (χ0n) is 9.22. The van der Waals surface area contributed by atoms with E-state index in [0.29, 0.717) is 6.04 Å². The summed E-state index contributed by atoms with van der Waals surface area (Å²) in [6.07, 6.45) is 4.43. The summed E-state index contributed by atoms with van der Waals surface area (Å²) >= 11 is 0. The number of hydrogen-bond donors (Lipinski definition) is 2. The number of rotatable bonds is 1. The second kappa shape index (κ2) is 3.39. The molecule has 2 rings (SSSR count). The summed E-state index contributed by atoms with van der Waals surface area (Å²) in [5.74, 6) is 1.10. The minimum atomic E-state index is 0.170. The quantitative estimate of drug-likeness (QED) is 0.717. The predicted molar refractivity (Wildman–Crippen MR) is 57.3 cm³/mol. The van der Waals surface area contributed by atoms with Gasteiger partial charge in [0.25, 0.3) is 0 Å². The van der Waals surface area contributed by atoms with Crippen LogP contribution in [0.3, 0.4) is 0 Å². The van der Waals surface area contributed by atoms with Gasteiger partial charge in [0.05, 0.1) is 6.04 Å². The van der Waals surface area contributed by atoms with E-state index < -0.39 is 0 Å². The van der Waals surface area contributed by atoms with Crippen LogP contribution in [0.25, 0.3) is 0 Å². The zero-order valence-corrected chi connectivity index (χ0v) is 9.22. The average Bonchev–Trinajstić information content (AvgIpc) is 2.73. The maximum atomic E-state index is 4.45. The van der Waals surface area contributed by atoms with Crippen LogP contribution in [0.2, 0.25) is 0 Å². The standard InChI is InChI=1S/C11H19N3/c1-11(2,3)9-7-13-10(14-9)8-5-4-6-12-8/h7-8,12H,4-6H2,1-3H3,(H,13,14). The Labute approximate surface area is 85.3 Å². The lowest BCUT2D eigenvalue weighted by Crippen LogP contribution is -2.15. The van der Waals surface area contributed by atoms with Gasteiger partial charge in [0, 0.05) is 17.3 Å². The Bertz CT molecular complexity index is 303. The van der Waals surface area contributed by atoms with Crippen molar-refractivity contribution in [3.05, 3.63) is 17.7 Å².